The Morgan fingerprint density at radius 2 is 2.05 bits per heavy atom. The maximum Gasteiger partial charge on any atom is 0.123 e. The Hall–Kier alpha value is -1.39. The molecule has 0 aliphatic heterocycles. The smallest absolute Gasteiger partial charge is 0.123 e. The highest BCUT2D eigenvalue weighted by molar-refractivity contribution is 5.75. The van der Waals surface area contributed by atoms with Gasteiger partial charge in [0.05, 0.1) is 17.6 Å². The summed E-state index contributed by atoms with van der Waals surface area (Å²) >= 11 is 0. The summed E-state index contributed by atoms with van der Waals surface area (Å²) in [4.78, 5) is 4.67. The number of nitrogens with zero attached hydrogens (tertiary/aromatic N) is 2. The molecule has 0 spiro atoms. The molecule has 104 valence electrons. The van der Waals surface area contributed by atoms with Crippen molar-refractivity contribution in [3.05, 3.63) is 30.1 Å². The van der Waals surface area contributed by atoms with Gasteiger partial charge in [0.25, 0.3) is 0 Å². The van der Waals surface area contributed by atoms with Crippen LogP contribution >= 0.6 is 0 Å². The maximum atomic E-state index is 9.25. The number of nitrogens with one attached hydrogen (secondary N) is 1. The van der Waals surface area contributed by atoms with E-state index in [1.165, 1.54) is 5.52 Å². The number of hydrogen-bond donors (Lipinski definition) is 2. The first-order valence-corrected chi connectivity index (χ1v) is 6.83. The number of hydrogen-bond acceptors (Lipinski definition) is 3. The normalized spacial score (nSPS) is 12.2. The highest BCUT2D eigenvalue weighted by atomic mass is 16.3. The van der Waals surface area contributed by atoms with Crippen LogP contribution in [-0.4, -0.2) is 27.8 Å². The fraction of sp³-hybridized carbons (Fsp3) is 0.533. The third-order valence-electron chi connectivity index (χ3n) is 3.36. The van der Waals surface area contributed by atoms with Gasteiger partial charge in [0.1, 0.15) is 5.82 Å². The van der Waals surface area contributed by atoms with Crippen molar-refractivity contribution in [3.8, 4) is 0 Å². The van der Waals surface area contributed by atoms with Crippen LogP contribution in [0.4, 0.5) is 0 Å². The molecule has 0 saturated heterocycles. The number of benzene rings is 1. The maximum absolute atomic E-state index is 9.25. The predicted octanol–water partition coefficient (Wildman–Crippen LogP) is 2.16. The van der Waals surface area contributed by atoms with Crippen molar-refractivity contribution < 1.29 is 5.11 Å². The molecule has 0 unspecified atom stereocenters. The number of fused-ring (bicyclic) bond motifs is 1. The van der Waals surface area contributed by atoms with E-state index in [4.69, 9.17) is 0 Å². The van der Waals surface area contributed by atoms with Gasteiger partial charge >= 0.3 is 0 Å². The van der Waals surface area contributed by atoms with Crippen molar-refractivity contribution >= 4 is 11.0 Å². The summed E-state index contributed by atoms with van der Waals surface area (Å²) < 4.78 is 2.23. The van der Waals surface area contributed by atoms with Gasteiger partial charge in [-0.2, -0.15) is 0 Å². The highest BCUT2D eigenvalue weighted by Gasteiger charge is 2.16. The molecule has 1 aromatic heterocycles. The second-order valence-corrected chi connectivity index (χ2v) is 5.69. The third-order valence-corrected chi connectivity index (χ3v) is 3.36. The lowest BCUT2D eigenvalue weighted by Gasteiger charge is -2.21. The van der Waals surface area contributed by atoms with Crippen LogP contribution in [0.3, 0.4) is 0 Å². The van der Waals surface area contributed by atoms with Gasteiger partial charge in [0.15, 0.2) is 0 Å². The number of aromatic nitrogens is 2. The molecule has 0 bridgehead atoms. The molecule has 2 N–H and O–H groups in total. The van der Waals surface area contributed by atoms with Gasteiger partial charge < -0.3 is 15.0 Å². The van der Waals surface area contributed by atoms with Gasteiger partial charge in [-0.1, -0.05) is 26.0 Å². The zero-order valence-corrected chi connectivity index (χ0v) is 12.0. The standard InChI is InChI=1S/C15H23N3O/c1-4-18-13-8-6-5-7-12(13)17-14(18)9-16-10-15(2,3)11-19/h5-8,16,19H,4,9-11H2,1-3H3. The second kappa shape index (κ2) is 5.72. The van der Waals surface area contributed by atoms with E-state index >= 15 is 0 Å². The van der Waals surface area contributed by atoms with E-state index in [0.29, 0.717) is 0 Å². The summed E-state index contributed by atoms with van der Waals surface area (Å²) in [6.07, 6.45) is 0. The number of imidazole rings is 1. The Morgan fingerprint density at radius 1 is 1.32 bits per heavy atom. The lowest BCUT2D eigenvalue weighted by Crippen LogP contribution is -2.32. The largest absolute Gasteiger partial charge is 0.396 e. The summed E-state index contributed by atoms with van der Waals surface area (Å²) in [6.45, 7) is 8.83. The van der Waals surface area contributed by atoms with E-state index in [1.54, 1.807) is 0 Å². The van der Waals surface area contributed by atoms with Gasteiger partial charge in [-0.25, -0.2) is 4.98 Å². The van der Waals surface area contributed by atoms with Crippen LogP contribution in [0, 0.1) is 5.41 Å². The minimum absolute atomic E-state index is 0.0942. The molecule has 4 nitrogen and oxygen atoms in total. The summed E-state index contributed by atoms with van der Waals surface area (Å²) in [5, 5.41) is 12.6. The Balaban J connectivity index is 2.12. The van der Waals surface area contributed by atoms with Gasteiger partial charge in [0.2, 0.25) is 0 Å². The number of rotatable bonds is 6. The average molecular weight is 261 g/mol. The molecule has 2 rings (SSSR count). The molecule has 1 heterocycles. The predicted molar refractivity (Wildman–Crippen MR) is 78.0 cm³/mol. The van der Waals surface area contributed by atoms with E-state index in [2.05, 4.69) is 27.9 Å². The van der Waals surface area contributed by atoms with Crippen molar-refractivity contribution in [2.24, 2.45) is 5.41 Å². The summed E-state index contributed by atoms with van der Waals surface area (Å²) in [5.41, 5.74) is 2.13. The Bertz CT molecular complexity index is 545. The zero-order valence-electron chi connectivity index (χ0n) is 12.0. The molecule has 0 atom stereocenters. The van der Waals surface area contributed by atoms with Gasteiger partial charge in [0, 0.05) is 25.1 Å². The third kappa shape index (κ3) is 3.14. The minimum Gasteiger partial charge on any atom is -0.396 e. The van der Waals surface area contributed by atoms with E-state index in [-0.39, 0.29) is 12.0 Å². The topological polar surface area (TPSA) is 50.1 Å². The quantitative estimate of drug-likeness (QED) is 0.838. The number of aliphatic hydroxyl groups is 1. The van der Waals surface area contributed by atoms with Crippen LogP contribution in [0.25, 0.3) is 11.0 Å². The minimum atomic E-state index is -0.0942. The van der Waals surface area contributed by atoms with Crippen LogP contribution in [0.1, 0.15) is 26.6 Å². The fourth-order valence-corrected chi connectivity index (χ4v) is 2.18. The molecule has 0 radical (unpaired) electrons. The lowest BCUT2D eigenvalue weighted by molar-refractivity contribution is 0.156. The molecule has 0 amide bonds. The molecule has 1 aromatic carbocycles. The number of para-hydroxylation sites is 2. The molecule has 2 aromatic rings. The van der Waals surface area contributed by atoms with E-state index < -0.39 is 0 Å². The SMILES string of the molecule is CCn1c(CNCC(C)(C)CO)nc2ccccc21. The van der Waals surface area contributed by atoms with Crippen LogP contribution in [0.15, 0.2) is 24.3 Å². The Labute approximate surface area is 114 Å². The summed E-state index contributed by atoms with van der Waals surface area (Å²) in [5.74, 6) is 1.05. The van der Waals surface area contributed by atoms with Crippen molar-refractivity contribution in [2.75, 3.05) is 13.2 Å². The van der Waals surface area contributed by atoms with Crippen molar-refractivity contribution in [1.29, 1.82) is 0 Å². The van der Waals surface area contributed by atoms with Crippen LogP contribution in [-0.2, 0) is 13.1 Å². The van der Waals surface area contributed by atoms with E-state index in [9.17, 15) is 5.11 Å². The number of aliphatic hydroxyl groups excluding tert-OH is 1. The van der Waals surface area contributed by atoms with Crippen molar-refractivity contribution in [3.63, 3.8) is 0 Å². The van der Waals surface area contributed by atoms with Crippen molar-refractivity contribution in [1.82, 2.24) is 14.9 Å². The molecular weight excluding hydrogens is 238 g/mol. The summed E-state index contributed by atoms with van der Waals surface area (Å²) in [7, 11) is 0. The fourth-order valence-electron chi connectivity index (χ4n) is 2.18. The Kier molecular flexibility index (Phi) is 4.22. The summed E-state index contributed by atoms with van der Waals surface area (Å²) in [6, 6.07) is 8.21. The first kappa shape index (κ1) is 14.0. The molecule has 0 saturated carbocycles. The highest BCUT2D eigenvalue weighted by Crippen LogP contribution is 2.16. The Morgan fingerprint density at radius 3 is 2.74 bits per heavy atom. The van der Waals surface area contributed by atoms with E-state index in [0.717, 1.165) is 31.0 Å². The molecular formula is C15H23N3O. The van der Waals surface area contributed by atoms with Crippen molar-refractivity contribution in [2.45, 2.75) is 33.9 Å². The van der Waals surface area contributed by atoms with E-state index in [1.807, 2.05) is 32.0 Å². The molecule has 4 heteroatoms. The molecule has 0 fully saturated rings. The molecule has 0 aliphatic carbocycles. The van der Waals surface area contributed by atoms with Gasteiger partial charge in [-0.3, -0.25) is 0 Å². The van der Waals surface area contributed by atoms with Gasteiger partial charge in [-0.15, -0.1) is 0 Å². The zero-order chi connectivity index (χ0) is 13.9. The lowest BCUT2D eigenvalue weighted by atomic mass is 9.95. The monoisotopic (exact) mass is 261 g/mol. The first-order chi connectivity index (χ1) is 9.07. The molecule has 0 aliphatic rings. The number of aryl methyl sites for hydroxylation is 1. The van der Waals surface area contributed by atoms with Crippen LogP contribution < -0.4 is 5.32 Å². The van der Waals surface area contributed by atoms with Crippen LogP contribution in [0.5, 0.6) is 0 Å². The molecule has 19 heavy (non-hydrogen) atoms. The van der Waals surface area contributed by atoms with Crippen LogP contribution in [0.2, 0.25) is 0 Å². The average Bonchev–Trinajstić information content (AvgIpc) is 2.76. The first-order valence-electron chi connectivity index (χ1n) is 6.83. The second-order valence-electron chi connectivity index (χ2n) is 5.69. The van der Waals surface area contributed by atoms with Gasteiger partial charge in [-0.05, 0) is 19.1 Å².